The van der Waals surface area contributed by atoms with Crippen molar-refractivity contribution in [2.24, 2.45) is 5.92 Å². The first kappa shape index (κ1) is 40.6. The van der Waals surface area contributed by atoms with E-state index in [1.165, 1.54) is 0 Å². The Labute approximate surface area is 323 Å². The molecule has 1 aliphatic rings. The molecule has 2 heterocycles. The maximum atomic E-state index is 13.7. The topological polar surface area (TPSA) is 112 Å². The van der Waals surface area contributed by atoms with E-state index in [4.69, 9.17) is 9.47 Å². The second-order valence-electron chi connectivity index (χ2n) is 14.3. The molecule has 0 radical (unpaired) electrons. The van der Waals surface area contributed by atoms with Crippen molar-refractivity contribution in [1.29, 1.82) is 0 Å². The highest BCUT2D eigenvalue weighted by atomic mass is 32.2. The van der Waals surface area contributed by atoms with Crippen molar-refractivity contribution < 1.29 is 23.6 Å². The molecule has 1 N–H and O–H groups in total. The number of rotatable bonds is 19. The first-order valence-corrected chi connectivity index (χ1v) is 20.3. The Morgan fingerprint density at radius 3 is 2.46 bits per heavy atom. The molecule has 54 heavy (non-hydrogen) atoms. The molecule has 0 aliphatic carbocycles. The molecule has 1 aromatic heterocycles. The lowest BCUT2D eigenvalue weighted by molar-refractivity contribution is -0.128. The van der Waals surface area contributed by atoms with Crippen LogP contribution in [0.3, 0.4) is 0 Å². The zero-order valence-corrected chi connectivity index (χ0v) is 33.2. The van der Waals surface area contributed by atoms with Crippen molar-refractivity contribution in [3.05, 3.63) is 96.1 Å². The normalized spacial score (nSPS) is 13.2. The summed E-state index contributed by atoms with van der Waals surface area (Å²) in [5.74, 6) is 2.17. The lowest BCUT2D eigenvalue weighted by Gasteiger charge is -2.27. The number of nitrogens with one attached hydrogen (secondary N) is 1. The third kappa shape index (κ3) is 11.7. The fourth-order valence-corrected chi connectivity index (χ4v) is 7.38. The van der Waals surface area contributed by atoms with Crippen molar-refractivity contribution in [1.82, 2.24) is 14.5 Å². The molecule has 3 aromatic carbocycles. The fraction of sp³-hybridized carbons (Fsp3) is 0.419. The van der Waals surface area contributed by atoms with E-state index in [1.54, 1.807) is 49.5 Å². The first-order valence-electron chi connectivity index (χ1n) is 19.0. The number of unbranched alkanes of at least 4 members (excludes halogenated alkanes) is 1. The van der Waals surface area contributed by atoms with E-state index in [1.807, 2.05) is 29.0 Å². The van der Waals surface area contributed by atoms with Crippen molar-refractivity contribution in [2.45, 2.75) is 70.1 Å². The van der Waals surface area contributed by atoms with Crippen LogP contribution in [0.5, 0.6) is 5.75 Å². The number of aryl methyl sites for hydroxylation is 1. The standard InChI is InChI=1S/C43H55N5O5S/c1-6-7-25-52-26-27-53-38-15-10-33(11-16-38)34-12-19-40-36(28-34)29-35(20-23-48(40)30-32(2)3)43(50)45-37-13-17-39(18-14-37)54(51)31-41-44-21-24-47(41)22-8-9-42(49)46(4)5/h10-19,21,24,28-29,32H,6-9,20,22-23,25-27,30-31H2,1-5H3,(H,45,50). The lowest BCUT2D eigenvalue weighted by atomic mass is 10.00. The highest BCUT2D eigenvalue weighted by Crippen LogP contribution is 2.34. The van der Waals surface area contributed by atoms with Crippen LogP contribution in [0, 0.1) is 5.92 Å². The van der Waals surface area contributed by atoms with Gasteiger partial charge in [0.05, 0.1) is 6.61 Å². The minimum Gasteiger partial charge on any atom is -0.611 e. The first-order chi connectivity index (χ1) is 26.1. The summed E-state index contributed by atoms with van der Waals surface area (Å²) in [5, 5.41) is 3.08. The third-order valence-electron chi connectivity index (χ3n) is 9.28. The maximum absolute atomic E-state index is 13.7. The van der Waals surface area contributed by atoms with Crippen molar-refractivity contribution >= 4 is 40.4 Å². The Kier molecular flexibility index (Phi) is 15.2. The van der Waals surface area contributed by atoms with Gasteiger partial charge in [0, 0.05) is 76.1 Å². The third-order valence-corrected chi connectivity index (χ3v) is 10.6. The minimum absolute atomic E-state index is 0.0817. The molecule has 2 amide bonds. The Morgan fingerprint density at radius 2 is 1.74 bits per heavy atom. The van der Waals surface area contributed by atoms with Gasteiger partial charge in [0.1, 0.15) is 12.4 Å². The van der Waals surface area contributed by atoms with Crippen LogP contribution in [-0.2, 0) is 37.8 Å². The van der Waals surface area contributed by atoms with Crippen LogP contribution >= 0.6 is 0 Å². The number of aromatic nitrogens is 2. The summed E-state index contributed by atoms with van der Waals surface area (Å²) >= 11 is -1.33. The molecule has 5 rings (SSSR count). The predicted octanol–water partition coefficient (Wildman–Crippen LogP) is 7.81. The van der Waals surface area contributed by atoms with Gasteiger partial charge in [0.2, 0.25) is 5.91 Å². The number of anilines is 2. The summed E-state index contributed by atoms with van der Waals surface area (Å²) in [5.41, 5.74) is 5.61. The molecule has 0 saturated carbocycles. The van der Waals surface area contributed by atoms with E-state index in [2.05, 4.69) is 66.3 Å². The quantitative estimate of drug-likeness (QED) is 0.0768. The number of ether oxygens (including phenoxy) is 2. The summed E-state index contributed by atoms with van der Waals surface area (Å²) in [4.78, 5) is 34.7. The number of amides is 2. The summed E-state index contributed by atoms with van der Waals surface area (Å²) < 4.78 is 26.7. The van der Waals surface area contributed by atoms with Crippen molar-refractivity contribution in [2.75, 3.05) is 57.2 Å². The van der Waals surface area contributed by atoms with Gasteiger partial charge in [-0.25, -0.2) is 4.98 Å². The van der Waals surface area contributed by atoms with Crippen LogP contribution in [0.2, 0.25) is 0 Å². The molecule has 10 nitrogen and oxygen atoms in total. The SMILES string of the molecule is CCCCOCCOc1ccc(-c2ccc3c(c2)C=C(C(=O)Nc2ccc([S+]([O-])Cc4nccn4CCCC(=O)N(C)C)cc2)CCN3CC(C)C)cc1. The van der Waals surface area contributed by atoms with Crippen LogP contribution in [-0.4, -0.2) is 77.8 Å². The summed E-state index contributed by atoms with van der Waals surface area (Å²) in [6.45, 7) is 10.7. The van der Waals surface area contributed by atoms with Gasteiger partial charge in [0.15, 0.2) is 16.5 Å². The van der Waals surface area contributed by atoms with Crippen LogP contribution in [0.25, 0.3) is 17.2 Å². The number of hydrogen-bond acceptors (Lipinski definition) is 7. The van der Waals surface area contributed by atoms with Crippen LogP contribution in [0.4, 0.5) is 11.4 Å². The van der Waals surface area contributed by atoms with Crippen molar-refractivity contribution in [3.63, 3.8) is 0 Å². The molecule has 1 atom stereocenters. The molecule has 0 fully saturated rings. The highest BCUT2D eigenvalue weighted by Gasteiger charge is 2.22. The average Bonchev–Trinajstić information content (AvgIpc) is 3.52. The summed E-state index contributed by atoms with van der Waals surface area (Å²) in [6, 6.07) is 21.8. The van der Waals surface area contributed by atoms with Crippen molar-refractivity contribution in [3.8, 4) is 16.9 Å². The Morgan fingerprint density at radius 1 is 0.981 bits per heavy atom. The van der Waals surface area contributed by atoms with E-state index in [0.29, 0.717) is 66.9 Å². The predicted molar refractivity (Wildman–Crippen MR) is 218 cm³/mol. The van der Waals surface area contributed by atoms with Gasteiger partial charge >= 0.3 is 0 Å². The number of imidazole rings is 1. The minimum atomic E-state index is -1.33. The number of benzene rings is 3. The summed E-state index contributed by atoms with van der Waals surface area (Å²) in [7, 11) is 3.50. The second kappa shape index (κ2) is 20.2. The van der Waals surface area contributed by atoms with Gasteiger partial charge in [-0.3, -0.25) is 9.59 Å². The number of hydrogen-bond donors (Lipinski definition) is 1. The Hall–Kier alpha value is -4.58. The zero-order valence-electron chi connectivity index (χ0n) is 32.4. The Bertz CT molecular complexity index is 1840. The van der Waals surface area contributed by atoms with Gasteiger partial charge in [-0.1, -0.05) is 45.4 Å². The van der Waals surface area contributed by atoms with E-state index in [9.17, 15) is 14.1 Å². The molecule has 0 spiro atoms. The van der Waals surface area contributed by atoms with E-state index in [0.717, 1.165) is 60.7 Å². The number of nitrogens with zero attached hydrogens (tertiary/aromatic N) is 4. The van der Waals surface area contributed by atoms with Gasteiger partial charge in [-0.15, -0.1) is 0 Å². The van der Waals surface area contributed by atoms with Crippen LogP contribution in [0.1, 0.15) is 64.3 Å². The van der Waals surface area contributed by atoms with E-state index >= 15 is 0 Å². The largest absolute Gasteiger partial charge is 0.611 e. The Balaban J connectivity index is 1.23. The highest BCUT2D eigenvalue weighted by molar-refractivity contribution is 7.90. The molecule has 288 valence electrons. The molecule has 0 saturated heterocycles. The molecular weight excluding hydrogens is 699 g/mol. The van der Waals surface area contributed by atoms with E-state index < -0.39 is 11.2 Å². The van der Waals surface area contributed by atoms with Gasteiger partial charge in [-0.05, 0) is 108 Å². The molecule has 1 aliphatic heterocycles. The monoisotopic (exact) mass is 753 g/mol. The zero-order chi connectivity index (χ0) is 38.5. The molecule has 11 heteroatoms. The molecule has 0 bridgehead atoms. The number of fused-ring (bicyclic) bond motifs is 1. The van der Waals surface area contributed by atoms with Crippen LogP contribution < -0.4 is 15.0 Å². The average molecular weight is 754 g/mol. The van der Waals surface area contributed by atoms with Gasteiger partial charge in [-0.2, -0.15) is 0 Å². The number of carbonyl (C=O) groups excluding carboxylic acids is 2. The van der Waals surface area contributed by atoms with E-state index in [-0.39, 0.29) is 17.6 Å². The van der Waals surface area contributed by atoms with Gasteiger partial charge < -0.3 is 33.7 Å². The fourth-order valence-electron chi connectivity index (χ4n) is 6.30. The van der Waals surface area contributed by atoms with Gasteiger partial charge in [0.25, 0.3) is 5.91 Å². The molecular formula is C43H55N5O5S. The summed E-state index contributed by atoms with van der Waals surface area (Å²) in [6.07, 6.45) is 9.49. The maximum Gasteiger partial charge on any atom is 0.251 e. The number of carbonyl (C=O) groups is 2. The smallest absolute Gasteiger partial charge is 0.251 e. The second-order valence-corrected chi connectivity index (χ2v) is 15.7. The molecule has 4 aromatic rings. The van der Waals surface area contributed by atoms with Crippen LogP contribution in [0.15, 0.2) is 89.6 Å². The molecule has 1 unspecified atom stereocenters. The lowest BCUT2D eigenvalue weighted by Crippen LogP contribution is -2.29.